The molecule has 0 spiro atoms. The summed E-state index contributed by atoms with van der Waals surface area (Å²) in [6.45, 7) is 4.33. The molecule has 5 heteroatoms. The van der Waals surface area contributed by atoms with Crippen molar-refractivity contribution in [1.29, 1.82) is 0 Å². The van der Waals surface area contributed by atoms with Gasteiger partial charge in [-0.15, -0.1) is 0 Å². The van der Waals surface area contributed by atoms with Gasteiger partial charge in [-0.25, -0.2) is 3.11 Å². The van der Waals surface area contributed by atoms with Crippen molar-refractivity contribution >= 4 is 45.7 Å². The van der Waals surface area contributed by atoms with Crippen LogP contribution in [0.1, 0.15) is 26.2 Å². The summed E-state index contributed by atoms with van der Waals surface area (Å²) in [4.78, 5) is 0. The van der Waals surface area contributed by atoms with Crippen LogP contribution in [0.4, 0.5) is 0 Å². The molecule has 0 bridgehead atoms. The lowest BCUT2D eigenvalue weighted by Crippen LogP contribution is -2.48. The minimum Gasteiger partial charge on any atom is -0.372 e. The zero-order valence-electron chi connectivity index (χ0n) is 8.96. The average Bonchev–Trinajstić information content (AvgIpc) is 2.63. The first-order valence-corrected chi connectivity index (χ1v) is 7.67. The molecule has 1 saturated heterocycles. The molecule has 1 heterocycles. The van der Waals surface area contributed by atoms with Gasteiger partial charge in [-0.1, -0.05) is 6.42 Å². The number of ether oxygens (including phenoxy) is 1. The summed E-state index contributed by atoms with van der Waals surface area (Å²) in [5, 5.41) is 0. The van der Waals surface area contributed by atoms with Crippen LogP contribution in [0.5, 0.6) is 0 Å². The molecule has 2 fully saturated rings. The van der Waals surface area contributed by atoms with Gasteiger partial charge in [0.25, 0.3) is 0 Å². The van der Waals surface area contributed by atoms with E-state index in [2.05, 4.69) is 59.3 Å². The standard InChI is InChI=1S/C10H18I2N2O/c1-7-5-14(12)6-10(15-7)8-3-2-4-9(8)13-11/h7-10,13H,2-6H2,1H3. The Bertz CT molecular complexity index is 208. The Morgan fingerprint density at radius 3 is 2.80 bits per heavy atom. The fourth-order valence-electron chi connectivity index (χ4n) is 2.74. The van der Waals surface area contributed by atoms with Crippen LogP contribution in [0.25, 0.3) is 0 Å². The van der Waals surface area contributed by atoms with Gasteiger partial charge < -0.3 is 4.74 Å². The average molecular weight is 436 g/mol. The van der Waals surface area contributed by atoms with Crippen molar-refractivity contribution in [3.8, 4) is 0 Å². The van der Waals surface area contributed by atoms with Crippen LogP contribution in [0.2, 0.25) is 0 Å². The molecule has 1 aliphatic heterocycles. The highest BCUT2D eigenvalue weighted by molar-refractivity contribution is 14.1. The van der Waals surface area contributed by atoms with Crippen LogP contribution in [0, 0.1) is 5.92 Å². The van der Waals surface area contributed by atoms with Gasteiger partial charge in [0, 0.05) is 70.8 Å². The summed E-state index contributed by atoms with van der Waals surface area (Å²) in [5.74, 6) is 0.710. The molecule has 1 saturated carbocycles. The van der Waals surface area contributed by atoms with Crippen LogP contribution in [0.15, 0.2) is 0 Å². The summed E-state index contributed by atoms with van der Waals surface area (Å²) in [6, 6.07) is 0.658. The Hall–Kier alpha value is 1.34. The summed E-state index contributed by atoms with van der Waals surface area (Å²) >= 11 is 4.71. The normalized spacial score (nSPS) is 43.4. The van der Waals surface area contributed by atoms with Crippen molar-refractivity contribution in [2.24, 2.45) is 5.92 Å². The summed E-state index contributed by atoms with van der Waals surface area (Å²) in [6.07, 6.45) is 4.79. The molecule has 1 N–H and O–H groups in total. The molecular weight excluding hydrogens is 418 g/mol. The number of halogens is 2. The molecule has 2 aliphatic rings. The molecule has 4 unspecified atom stereocenters. The second-order valence-corrected chi connectivity index (χ2v) is 6.61. The van der Waals surface area contributed by atoms with Crippen molar-refractivity contribution in [2.75, 3.05) is 13.1 Å². The predicted octanol–water partition coefficient (Wildman–Crippen LogP) is 2.53. The Kier molecular flexibility index (Phi) is 4.94. The first-order valence-electron chi connectivity index (χ1n) is 5.63. The van der Waals surface area contributed by atoms with E-state index in [-0.39, 0.29) is 0 Å². The molecule has 0 aromatic carbocycles. The molecule has 88 valence electrons. The van der Waals surface area contributed by atoms with Gasteiger partial charge in [-0.05, 0) is 19.8 Å². The van der Waals surface area contributed by atoms with Gasteiger partial charge in [-0.2, -0.15) is 0 Å². The predicted molar refractivity (Wildman–Crippen MR) is 78.2 cm³/mol. The third kappa shape index (κ3) is 3.17. The minimum absolute atomic E-state index is 0.385. The van der Waals surface area contributed by atoms with E-state index >= 15 is 0 Å². The van der Waals surface area contributed by atoms with Crippen molar-refractivity contribution in [2.45, 2.75) is 44.4 Å². The molecule has 0 radical (unpaired) electrons. The number of hydrogen-bond acceptors (Lipinski definition) is 3. The van der Waals surface area contributed by atoms with E-state index in [4.69, 9.17) is 4.74 Å². The van der Waals surface area contributed by atoms with Gasteiger partial charge in [0.1, 0.15) is 0 Å². The fraction of sp³-hybridized carbons (Fsp3) is 1.00. The first kappa shape index (κ1) is 12.8. The van der Waals surface area contributed by atoms with E-state index in [1.54, 1.807) is 0 Å². The maximum absolute atomic E-state index is 6.08. The largest absolute Gasteiger partial charge is 0.372 e. The van der Waals surface area contributed by atoms with Crippen LogP contribution in [0.3, 0.4) is 0 Å². The highest BCUT2D eigenvalue weighted by atomic mass is 127. The van der Waals surface area contributed by atoms with E-state index in [0.29, 0.717) is 24.2 Å². The van der Waals surface area contributed by atoms with E-state index in [0.717, 1.165) is 13.1 Å². The van der Waals surface area contributed by atoms with E-state index in [1.807, 2.05) is 0 Å². The Morgan fingerprint density at radius 2 is 2.13 bits per heavy atom. The first-order chi connectivity index (χ1) is 7.20. The summed E-state index contributed by atoms with van der Waals surface area (Å²) in [7, 11) is 0. The summed E-state index contributed by atoms with van der Waals surface area (Å²) < 4.78 is 11.9. The molecule has 0 aromatic heterocycles. The zero-order chi connectivity index (χ0) is 10.8. The Morgan fingerprint density at radius 1 is 1.33 bits per heavy atom. The number of hydrogen-bond donors (Lipinski definition) is 1. The molecule has 4 atom stereocenters. The second kappa shape index (κ2) is 5.79. The van der Waals surface area contributed by atoms with Gasteiger partial charge in [0.2, 0.25) is 0 Å². The van der Waals surface area contributed by atoms with Gasteiger partial charge in [0.05, 0.1) is 12.2 Å². The zero-order valence-corrected chi connectivity index (χ0v) is 13.3. The van der Waals surface area contributed by atoms with Crippen LogP contribution >= 0.6 is 45.7 Å². The monoisotopic (exact) mass is 436 g/mol. The Labute approximate surface area is 120 Å². The van der Waals surface area contributed by atoms with Crippen molar-refractivity contribution in [1.82, 2.24) is 6.64 Å². The van der Waals surface area contributed by atoms with Crippen LogP contribution < -0.4 is 3.53 Å². The molecular formula is C10H18I2N2O. The third-order valence-corrected chi connectivity index (χ3v) is 5.02. The summed E-state index contributed by atoms with van der Waals surface area (Å²) in [5.41, 5.74) is 0. The lowest BCUT2D eigenvalue weighted by molar-refractivity contribution is -0.0762. The maximum atomic E-state index is 6.08. The smallest absolute Gasteiger partial charge is 0.0757 e. The van der Waals surface area contributed by atoms with Gasteiger partial charge >= 0.3 is 0 Å². The third-order valence-electron chi connectivity index (χ3n) is 3.43. The number of morpholine rings is 1. The van der Waals surface area contributed by atoms with E-state index < -0.39 is 0 Å². The molecule has 3 nitrogen and oxygen atoms in total. The second-order valence-electron chi connectivity index (χ2n) is 4.62. The highest BCUT2D eigenvalue weighted by Gasteiger charge is 2.37. The van der Waals surface area contributed by atoms with E-state index in [9.17, 15) is 0 Å². The fourth-order valence-corrected chi connectivity index (χ4v) is 4.45. The van der Waals surface area contributed by atoms with Crippen molar-refractivity contribution in [3.05, 3.63) is 0 Å². The maximum Gasteiger partial charge on any atom is 0.0757 e. The van der Waals surface area contributed by atoms with E-state index in [1.165, 1.54) is 19.3 Å². The van der Waals surface area contributed by atoms with Crippen LogP contribution in [-0.2, 0) is 4.74 Å². The van der Waals surface area contributed by atoms with Crippen molar-refractivity contribution in [3.63, 3.8) is 0 Å². The lowest BCUT2D eigenvalue weighted by Gasteiger charge is -2.38. The SMILES string of the molecule is CC1CN(I)CC(C2CCCC2NI)O1. The quantitative estimate of drug-likeness (QED) is 0.533. The Balaban J connectivity index is 1.96. The van der Waals surface area contributed by atoms with Crippen molar-refractivity contribution < 1.29 is 4.74 Å². The molecule has 0 aromatic rings. The highest BCUT2D eigenvalue weighted by Crippen LogP contribution is 2.33. The minimum atomic E-state index is 0.385. The van der Waals surface area contributed by atoms with Gasteiger partial charge in [0.15, 0.2) is 0 Å². The molecule has 1 aliphatic carbocycles. The lowest BCUT2D eigenvalue weighted by atomic mass is 9.96. The number of nitrogens with zero attached hydrogens (tertiary/aromatic N) is 1. The molecule has 0 amide bonds. The van der Waals surface area contributed by atoms with Gasteiger partial charge in [-0.3, -0.25) is 3.53 Å². The number of rotatable bonds is 2. The van der Waals surface area contributed by atoms with Crippen LogP contribution in [-0.4, -0.2) is 34.5 Å². The number of nitrogens with one attached hydrogen (secondary N) is 1. The molecule has 2 rings (SSSR count). The topological polar surface area (TPSA) is 24.5 Å². The molecule has 15 heavy (non-hydrogen) atoms.